The number of amides is 3. The summed E-state index contributed by atoms with van der Waals surface area (Å²) < 4.78 is 0. The van der Waals surface area contributed by atoms with Crippen LogP contribution in [0.15, 0.2) is 0 Å². The fraction of sp³-hybridized carbons (Fsp3) is 0.789. The van der Waals surface area contributed by atoms with Crippen LogP contribution >= 0.6 is 11.8 Å². The Balaban J connectivity index is 5.01. The van der Waals surface area contributed by atoms with E-state index in [4.69, 9.17) is 5.73 Å². The molecule has 0 aliphatic rings. The molecule has 0 bridgehead atoms. The Morgan fingerprint density at radius 1 is 0.931 bits per heavy atom. The van der Waals surface area contributed by atoms with E-state index in [0.29, 0.717) is 12.8 Å². The first-order chi connectivity index (χ1) is 13.4. The van der Waals surface area contributed by atoms with Gasteiger partial charge >= 0.3 is 5.97 Å². The van der Waals surface area contributed by atoms with Gasteiger partial charge in [0.1, 0.15) is 18.1 Å². The SMILES string of the molecule is CSCCC(N)C(=O)NC(CC(C)C)C(=O)NC(C)C(=O)NC(C(=O)O)C(C)C. The first-order valence-electron chi connectivity index (χ1n) is 9.79. The average Bonchev–Trinajstić information content (AvgIpc) is 2.61. The van der Waals surface area contributed by atoms with Crippen molar-refractivity contribution in [2.75, 3.05) is 12.0 Å². The Morgan fingerprint density at radius 3 is 1.97 bits per heavy atom. The molecule has 29 heavy (non-hydrogen) atoms. The number of nitrogens with two attached hydrogens (primary N) is 1. The maximum Gasteiger partial charge on any atom is 0.326 e. The van der Waals surface area contributed by atoms with Gasteiger partial charge in [-0.05, 0) is 43.6 Å². The lowest BCUT2D eigenvalue weighted by atomic mass is 10.0. The van der Waals surface area contributed by atoms with Gasteiger partial charge < -0.3 is 26.8 Å². The Hall–Kier alpha value is -1.81. The standard InChI is InChI=1S/C19H36N4O5S/c1-10(2)9-14(22-17(25)13(20)7-8-29-6)18(26)21-12(5)16(24)23-15(11(3)4)19(27)28/h10-15H,7-9,20H2,1-6H3,(H,21,26)(H,22,25)(H,23,24)(H,27,28). The van der Waals surface area contributed by atoms with Gasteiger partial charge in [0.2, 0.25) is 17.7 Å². The molecule has 10 heteroatoms. The fourth-order valence-electron chi connectivity index (χ4n) is 2.53. The molecule has 4 unspecified atom stereocenters. The predicted molar refractivity (Wildman–Crippen MR) is 114 cm³/mol. The molecule has 0 aliphatic carbocycles. The minimum absolute atomic E-state index is 0.120. The maximum absolute atomic E-state index is 12.7. The number of carboxylic acids is 1. The van der Waals surface area contributed by atoms with E-state index in [1.54, 1.807) is 25.6 Å². The van der Waals surface area contributed by atoms with E-state index in [2.05, 4.69) is 16.0 Å². The van der Waals surface area contributed by atoms with E-state index >= 15 is 0 Å². The topological polar surface area (TPSA) is 151 Å². The zero-order valence-corrected chi connectivity index (χ0v) is 19.0. The van der Waals surface area contributed by atoms with E-state index < -0.39 is 47.9 Å². The van der Waals surface area contributed by atoms with Crippen molar-refractivity contribution in [2.45, 2.75) is 71.6 Å². The molecule has 0 radical (unpaired) electrons. The summed E-state index contributed by atoms with van der Waals surface area (Å²) in [5.74, 6) is -2.13. The Kier molecular flexibility index (Phi) is 12.6. The van der Waals surface area contributed by atoms with Crippen molar-refractivity contribution in [3.63, 3.8) is 0 Å². The highest BCUT2D eigenvalue weighted by Crippen LogP contribution is 2.07. The monoisotopic (exact) mass is 432 g/mol. The van der Waals surface area contributed by atoms with E-state index in [1.807, 2.05) is 20.1 Å². The highest BCUT2D eigenvalue weighted by molar-refractivity contribution is 7.98. The maximum atomic E-state index is 12.7. The molecule has 0 saturated carbocycles. The number of carbonyl (C=O) groups is 4. The molecule has 0 rings (SSSR count). The third-order valence-electron chi connectivity index (χ3n) is 4.29. The molecule has 0 aromatic carbocycles. The van der Waals surface area contributed by atoms with Gasteiger partial charge in [0.05, 0.1) is 6.04 Å². The van der Waals surface area contributed by atoms with Crippen LogP contribution in [0.2, 0.25) is 0 Å². The van der Waals surface area contributed by atoms with E-state index in [1.165, 1.54) is 6.92 Å². The predicted octanol–water partition coefficient (Wildman–Crippen LogP) is 0.328. The second kappa shape index (κ2) is 13.4. The van der Waals surface area contributed by atoms with Crippen LogP contribution in [-0.4, -0.2) is 65.0 Å². The number of nitrogens with one attached hydrogen (secondary N) is 3. The zero-order valence-electron chi connectivity index (χ0n) is 18.2. The Bertz CT molecular complexity index is 571. The van der Waals surface area contributed by atoms with Gasteiger partial charge in [-0.1, -0.05) is 27.7 Å². The molecule has 3 amide bonds. The summed E-state index contributed by atoms with van der Waals surface area (Å²) in [6.45, 7) is 8.64. The quantitative estimate of drug-likeness (QED) is 0.281. The number of rotatable bonds is 13. The molecule has 0 spiro atoms. The van der Waals surface area contributed by atoms with Gasteiger partial charge in [0.15, 0.2) is 0 Å². The number of hydrogen-bond donors (Lipinski definition) is 5. The summed E-state index contributed by atoms with van der Waals surface area (Å²) in [5.41, 5.74) is 5.87. The average molecular weight is 433 g/mol. The molecule has 0 aliphatic heterocycles. The smallest absolute Gasteiger partial charge is 0.326 e. The Labute approximate surface area is 177 Å². The van der Waals surface area contributed by atoms with Crippen molar-refractivity contribution >= 4 is 35.5 Å². The summed E-state index contributed by atoms with van der Waals surface area (Å²) >= 11 is 1.58. The first-order valence-corrected chi connectivity index (χ1v) is 11.2. The highest BCUT2D eigenvalue weighted by Gasteiger charge is 2.29. The van der Waals surface area contributed by atoms with Crippen LogP contribution in [0.3, 0.4) is 0 Å². The normalized spacial score (nSPS) is 15.3. The second-order valence-electron chi connectivity index (χ2n) is 7.88. The lowest BCUT2D eigenvalue weighted by Gasteiger charge is -2.25. The van der Waals surface area contributed by atoms with Gasteiger partial charge in [-0.15, -0.1) is 0 Å². The van der Waals surface area contributed by atoms with Crippen molar-refractivity contribution in [3.8, 4) is 0 Å². The summed E-state index contributed by atoms with van der Waals surface area (Å²) in [6, 6.07) is -3.56. The van der Waals surface area contributed by atoms with Crippen LogP contribution in [0.1, 0.15) is 47.5 Å². The number of carboxylic acid groups (broad SMARTS) is 1. The summed E-state index contributed by atoms with van der Waals surface area (Å²) in [4.78, 5) is 48.5. The van der Waals surface area contributed by atoms with Crippen LogP contribution in [0.4, 0.5) is 0 Å². The fourth-order valence-corrected chi connectivity index (χ4v) is 3.02. The lowest BCUT2D eigenvalue weighted by molar-refractivity contribution is -0.143. The Morgan fingerprint density at radius 2 is 1.52 bits per heavy atom. The molecule has 9 nitrogen and oxygen atoms in total. The largest absolute Gasteiger partial charge is 0.480 e. The molecule has 0 fully saturated rings. The minimum atomic E-state index is -1.14. The molecule has 0 aromatic heterocycles. The highest BCUT2D eigenvalue weighted by atomic mass is 32.2. The number of hydrogen-bond acceptors (Lipinski definition) is 6. The van der Waals surface area contributed by atoms with E-state index in [9.17, 15) is 24.3 Å². The third-order valence-corrected chi connectivity index (χ3v) is 4.94. The molecule has 0 aromatic rings. The molecular formula is C19H36N4O5S. The summed E-state index contributed by atoms with van der Waals surface area (Å²) in [6.07, 6.45) is 2.79. The molecule has 0 saturated heterocycles. The molecule has 0 heterocycles. The van der Waals surface area contributed by atoms with Crippen molar-refractivity contribution in [2.24, 2.45) is 17.6 Å². The van der Waals surface area contributed by atoms with Crippen molar-refractivity contribution in [1.82, 2.24) is 16.0 Å². The van der Waals surface area contributed by atoms with Gasteiger partial charge in [0, 0.05) is 0 Å². The third kappa shape index (κ3) is 10.5. The minimum Gasteiger partial charge on any atom is -0.480 e. The summed E-state index contributed by atoms with van der Waals surface area (Å²) in [5, 5.41) is 16.8. The van der Waals surface area contributed by atoms with E-state index in [-0.39, 0.29) is 11.8 Å². The lowest BCUT2D eigenvalue weighted by Crippen LogP contribution is -2.57. The van der Waals surface area contributed by atoms with Crippen LogP contribution in [-0.2, 0) is 19.2 Å². The first kappa shape index (κ1) is 27.2. The molecular weight excluding hydrogens is 396 g/mol. The molecule has 168 valence electrons. The number of aliphatic carboxylic acids is 1. The van der Waals surface area contributed by atoms with Crippen LogP contribution in [0.5, 0.6) is 0 Å². The summed E-state index contributed by atoms with van der Waals surface area (Å²) in [7, 11) is 0. The van der Waals surface area contributed by atoms with Gasteiger partial charge in [-0.3, -0.25) is 14.4 Å². The second-order valence-corrected chi connectivity index (χ2v) is 8.86. The van der Waals surface area contributed by atoms with Crippen molar-refractivity contribution in [1.29, 1.82) is 0 Å². The van der Waals surface area contributed by atoms with E-state index in [0.717, 1.165) is 5.75 Å². The molecule has 6 N–H and O–H groups in total. The van der Waals surface area contributed by atoms with Crippen LogP contribution < -0.4 is 21.7 Å². The van der Waals surface area contributed by atoms with Gasteiger partial charge in [0.25, 0.3) is 0 Å². The molecule has 4 atom stereocenters. The number of thioether (sulfide) groups is 1. The van der Waals surface area contributed by atoms with Crippen LogP contribution in [0, 0.1) is 11.8 Å². The van der Waals surface area contributed by atoms with Crippen molar-refractivity contribution in [3.05, 3.63) is 0 Å². The number of carbonyl (C=O) groups excluding carboxylic acids is 3. The van der Waals surface area contributed by atoms with Gasteiger partial charge in [-0.2, -0.15) is 11.8 Å². The van der Waals surface area contributed by atoms with Gasteiger partial charge in [-0.25, -0.2) is 4.79 Å². The van der Waals surface area contributed by atoms with Crippen LogP contribution in [0.25, 0.3) is 0 Å². The zero-order chi connectivity index (χ0) is 22.7. The van der Waals surface area contributed by atoms with Crippen molar-refractivity contribution < 1.29 is 24.3 Å².